The predicted molar refractivity (Wildman–Crippen MR) is 101 cm³/mol. The number of hydrogen-bond donors (Lipinski definition) is 2. The van der Waals surface area contributed by atoms with Crippen LogP contribution in [-0.2, 0) is 9.59 Å². The molecule has 0 saturated carbocycles. The van der Waals surface area contributed by atoms with E-state index in [1.807, 2.05) is 6.92 Å². The van der Waals surface area contributed by atoms with Crippen LogP contribution in [0.3, 0.4) is 0 Å². The molecule has 1 amide bonds. The second-order valence-electron chi connectivity index (χ2n) is 5.23. The average molecular weight is 400 g/mol. The number of amidine groups is 1. The molecule has 1 unspecified atom stereocenters. The summed E-state index contributed by atoms with van der Waals surface area (Å²) in [5.74, 6) is -0.497. The minimum Gasteiger partial charge on any atom is -0.493 e. The van der Waals surface area contributed by atoms with E-state index in [4.69, 9.17) is 26.2 Å². The molecule has 1 aliphatic heterocycles. The lowest BCUT2D eigenvalue weighted by Gasteiger charge is -2.12. The van der Waals surface area contributed by atoms with Crippen molar-refractivity contribution < 1.29 is 24.2 Å². The van der Waals surface area contributed by atoms with Crippen LogP contribution in [0.1, 0.15) is 25.3 Å². The van der Waals surface area contributed by atoms with E-state index in [0.717, 1.165) is 18.2 Å². The SMILES string of the molecule is CCCOc1c(Cl)cc(C=NN=C2NC(=O)C(CC(=O)O)S2)cc1OC. The first-order valence-corrected chi connectivity index (χ1v) is 9.01. The van der Waals surface area contributed by atoms with E-state index in [-0.39, 0.29) is 11.6 Å². The number of benzene rings is 1. The van der Waals surface area contributed by atoms with Gasteiger partial charge >= 0.3 is 5.97 Å². The fourth-order valence-electron chi connectivity index (χ4n) is 2.05. The molecule has 0 bridgehead atoms. The lowest BCUT2D eigenvalue weighted by atomic mass is 10.2. The Balaban J connectivity index is 2.09. The first kappa shape index (κ1) is 20.1. The standard InChI is InChI=1S/C16H18ClN3O5S/c1-3-4-25-14-10(17)5-9(6-11(14)24-2)8-18-20-16-19-15(23)12(26-16)7-13(21)22/h5-6,8,12H,3-4,7H2,1-2H3,(H,21,22)(H,19,20,23). The molecule has 8 nitrogen and oxygen atoms in total. The molecular weight excluding hydrogens is 382 g/mol. The summed E-state index contributed by atoms with van der Waals surface area (Å²) in [7, 11) is 1.51. The van der Waals surface area contributed by atoms with Crippen LogP contribution in [0.25, 0.3) is 0 Å². The van der Waals surface area contributed by atoms with Gasteiger partial charge in [-0.05, 0) is 18.6 Å². The van der Waals surface area contributed by atoms with E-state index in [1.54, 1.807) is 12.1 Å². The van der Waals surface area contributed by atoms with E-state index in [1.165, 1.54) is 13.3 Å². The maximum absolute atomic E-state index is 11.6. The summed E-state index contributed by atoms with van der Waals surface area (Å²) < 4.78 is 10.9. The number of nitrogens with zero attached hydrogens (tertiary/aromatic N) is 2. The molecule has 1 fully saturated rings. The molecule has 1 aromatic carbocycles. The lowest BCUT2D eigenvalue weighted by molar-refractivity contribution is -0.138. The minimum atomic E-state index is -1.05. The van der Waals surface area contributed by atoms with Crippen LogP contribution >= 0.6 is 23.4 Å². The summed E-state index contributed by atoms with van der Waals surface area (Å²) in [6.07, 6.45) is 2.01. The van der Waals surface area contributed by atoms with Gasteiger partial charge < -0.3 is 19.9 Å². The van der Waals surface area contributed by atoms with Gasteiger partial charge in [0.1, 0.15) is 5.25 Å². The van der Waals surface area contributed by atoms with Gasteiger partial charge in [-0.2, -0.15) is 5.10 Å². The highest BCUT2D eigenvalue weighted by Gasteiger charge is 2.32. The van der Waals surface area contributed by atoms with Gasteiger partial charge in [-0.25, -0.2) is 0 Å². The van der Waals surface area contributed by atoms with Crippen molar-refractivity contribution in [3.63, 3.8) is 0 Å². The third kappa shape index (κ3) is 5.37. The lowest BCUT2D eigenvalue weighted by Crippen LogP contribution is -2.26. The van der Waals surface area contributed by atoms with Crippen LogP contribution < -0.4 is 14.8 Å². The topological polar surface area (TPSA) is 110 Å². The molecule has 140 valence electrons. The zero-order chi connectivity index (χ0) is 19.1. The van der Waals surface area contributed by atoms with Crippen molar-refractivity contribution >= 4 is 46.6 Å². The third-order valence-corrected chi connectivity index (χ3v) is 4.55. The molecule has 1 aromatic rings. The number of hydrogen-bond acceptors (Lipinski definition) is 7. The van der Waals surface area contributed by atoms with Crippen LogP contribution in [0.15, 0.2) is 22.3 Å². The first-order chi connectivity index (χ1) is 12.4. The van der Waals surface area contributed by atoms with Crippen molar-refractivity contribution in [2.45, 2.75) is 25.0 Å². The van der Waals surface area contributed by atoms with Gasteiger partial charge in [-0.15, -0.1) is 5.10 Å². The summed E-state index contributed by atoms with van der Waals surface area (Å²) in [5.41, 5.74) is 0.636. The Morgan fingerprint density at radius 2 is 2.27 bits per heavy atom. The number of nitrogens with one attached hydrogen (secondary N) is 1. The van der Waals surface area contributed by atoms with E-state index in [0.29, 0.717) is 28.7 Å². The normalized spacial score (nSPS) is 18.3. The van der Waals surface area contributed by atoms with Crippen molar-refractivity contribution in [2.75, 3.05) is 13.7 Å². The van der Waals surface area contributed by atoms with E-state index in [2.05, 4.69) is 15.5 Å². The summed E-state index contributed by atoms with van der Waals surface area (Å²) in [6, 6.07) is 3.36. The molecule has 1 saturated heterocycles. The van der Waals surface area contributed by atoms with Crippen LogP contribution in [0.2, 0.25) is 5.02 Å². The van der Waals surface area contributed by atoms with Crippen LogP contribution in [0, 0.1) is 0 Å². The number of ether oxygens (including phenoxy) is 2. The minimum absolute atomic E-state index is 0.249. The van der Waals surface area contributed by atoms with E-state index in [9.17, 15) is 9.59 Å². The molecule has 1 aliphatic rings. The second-order valence-corrected chi connectivity index (χ2v) is 6.82. The molecule has 0 radical (unpaired) electrons. The Morgan fingerprint density at radius 3 is 2.92 bits per heavy atom. The molecule has 1 atom stereocenters. The highest BCUT2D eigenvalue weighted by molar-refractivity contribution is 8.15. The van der Waals surface area contributed by atoms with Gasteiger partial charge in [0.05, 0.1) is 31.4 Å². The molecule has 0 aromatic heterocycles. The number of rotatable bonds is 8. The highest BCUT2D eigenvalue weighted by Crippen LogP contribution is 2.36. The summed E-state index contributed by atoms with van der Waals surface area (Å²) >= 11 is 7.25. The Kier molecular flexibility index (Phi) is 7.28. The summed E-state index contributed by atoms with van der Waals surface area (Å²) in [6.45, 7) is 2.51. The van der Waals surface area contributed by atoms with E-state index >= 15 is 0 Å². The van der Waals surface area contributed by atoms with Crippen molar-refractivity contribution in [3.05, 3.63) is 22.7 Å². The predicted octanol–water partition coefficient (Wildman–Crippen LogP) is 2.53. The molecule has 1 heterocycles. The highest BCUT2D eigenvalue weighted by atomic mass is 35.5. The van der Waals surface area contributed by atoms with Crippen molar-refractivity contribution in [2.24, 2.45) is 10.2 Å². The van der Waals surface area contributed by atoms with Crippen molar-refractivity contribution in [1.29, 1.82) is 0 Å². The molecule has 26 heavy (non-hydrogen) atoms. The largest absolute Gasteiger partial charge is 0.493 e. The third-order valence-electron chi connectivity index (χ3n) is 3.19. The monoisotopic (exact) mass is 399 g/mol. The van der Waals surface area contributed by atoms with Crippen LogP contribution in [-0.4, -0.2) is 47.3 Å². The van der Waals surface area contributed by atoms with Gasteiger partial charge in [0.2, 0.25) is 5.91 Å². The number of aliphatic carboxylic acids is 1. The Bertz CT molecular complexity index is 754. The smallest absolute Gasteiger partial charge is 0.305 e. The van der Waals surface area contributed by atoms with Gasteiger partial charge in [0.15, 0.2) is 16.7 Å². The number of carboxylic acid groups (broad SMARTS) is 1. The molecule has 2 rings (SSSR count). The number of methoxy groups -OCH3 is 1. The zero-order valence-corrected chi connectivity index (χ0v) is 15.8. The quantitative estimate of drug-likeness (QED) is 0.513. The fourth-order valence-corrected chi connectivity index (χ4v) is 3.24. The molecule has 0 aliphatic carbocycles. The Labute approximate surface area is 159 Å². The first-order valence-electron chi connectivity index (χ1n) is 7.75. The van der Waals surface area contributed by atoms with Crippen molar-refractivity contribution in [1.82, 2.24) is 5.32 Å². The van der Waals surface area contributed by atoms with Crippen LogP contribution in [0.5, 0.6) is 11.5 Å². The number of carbonyl (C=O) groups is 2. The number of halogens is 1. The van der Waals surface area contributed by atoms with Gasteiger partial charge in [0.25, 0.3) is 0 Å². The molecule has 2 N–H and O–H groups in total. The number of carbonyl (C=O) groups excluding carboxylic acids is 1. The van der Waals surface area contributed by atoms with E-state index < -0.39 is 17.1 Å². The number of carboxylic acids is 1. The fraction of sp³-hybridized carbons (Fsp3) is 0.375. The molecule has 10 heteroatoms. The van der Waals surface area contributed by atoms with Gasteiger partial charge in [0, 0.05) is 5.56 Å². The Morgan fingerprint density at radius 1 is 1.50 bits per heavy atom. The maximum Gasteiger partial charge on any atom is 0.305 e. The number of amides is 1. The average Bonchev–Trinajstić information content (AvgIpc) is 2.92. The summed E-state index contributed by atoms with van der Waals surface area (Å²) in [4.78, 5) is 22.3. The molecular formula is C16H18ClN3O5S. The zero-order valence-electron chi connectivity index (χ0n) is 14.2. The maximum atomic E-state index is 11.6. The van der Waals surface area contributed by atoms with Crippen molar-refractivity contribution in [3.8, 4) is 11.5 Å². The summed E-state index contributed by atoms with van der Waals surface area (Å²) in [5, 5.41) is 19.0. The van der Waals surface area contributed by atoms with Gasteiger partial charge in [-0.1, -0.05) is 30.3 Å². The van der Waals surface area contributed by atoms with Gasteiger partial charge in [-0.3, -0.25) is 9.59 Å². The number of thioether (sulfide) groups is 1. The molecule has 0 spiro atoms. The Hall–Kier alpha value is -2.26. The van der Waals surface area contributed by atoms with Crippen LogP contribution in [0.4, 0.5) is 0 Å². The second kappa shape index (κ2) is 9.44.